The van der Waals surface area contributed by atoms with Crippen molar-refractivity contribution in [1.82, 2.24) is 4.90 Å². The number of aliphatic hydroxyl groups excluding tert-OH is 1. The lowest BCUT2D eigenvalue weighted by Gasteiger charge is -2.42. The number of likely N-dealkylation sites (N-methyl/N-ethyl adjacent to an activating group) is 1. The molecule has 2 atom stereocenters. The van der Waals surface area contributed by atoms with Gasteiger partial charge in [0.1, 0.15) is 0 Å². The summed E-state index contributed by atoms with van der Waals surface area (Å²) in [6.45, 7) is 1.05. The maximum atomic E-state index is 10.6. The van der Waals surface area contributed by atoms with E-state index in [-0.39, 0.29) is 18.1 Å². The predicted molar refractivity (Wildman–Crippen MR) is 86.4 cm³/mol. The van der Waals surface area contributed by atoms with Crippen LogP contribution in [0.2, 0.25) is 0 Å². The van der Waals surface area contributed by atoms with Gasteiger partial charge in [0, 0.05) is 12.0 Å². The van der Waals surface area contributed by atoms with Gasteiger partial charge in [0.05, 0.1) is 6.10 Å². The van der Waals surface area contributed by atoms with Crippen molar-refractivity contribution in [2.75, 3.05) is 13.6 Å². The summed E-state index contributed by atoms with van der Waals surface area (Å²) in [5, 5.41) is 10.6. The molecule has 0 aliphatic carbocycles. The molecule has 1 fully saturated rings. The molecule has 1 N–H and O–H groups in total. The summed E-state index contributed by atoms with van der Waals surface area (Å²) < 4.78 is 0. The van der Waals surface area contributed by atoms with Gasteiger partial charge in [0.25, 0.3) is 0 Å². The van der Waals surface area contributed by atoms with Gasteiger partial charge >= 0.3 is 0 Å². The molecule has 0 unspecified atom stereocenters. The lowest BCUT2D eigenvalue weighted by Crippen LogP contribution is -2.49. The molecule has 0 saturated carbocycles. The Kier molecular flexibility index (Phi) is 4.37. The van der Waals surface area contributed by atoms with Crippen molar-refractivity contribution in [2.24, 2.45) is 0 Å². The van der Waals surface area contributed by atoms with Crippen LogP contribution in [0.4, 0.5) is 0 Å². The summed E-state index contributed by atoms with van der Waals surface area (Å²) in [5.41, 5.74) is 2.56. The van der Waals surface area contributed by atoms with Gasteiger partial charge < -0.3 is 5.11 Å². The van der Waals surface area contributed by atoms with Gasteiger partial charge in [-0.15, -0.1) is 0 Å². The van der Waals surface area contributed by atoms with Crippen molar-refractivity contribution in [1.29, 1.82) is 0 Å². The topological polar surface area (TPSA) is 23.5 Å². The first-order valence-corrected chi connectivity index (χ1v) is 7.75. The summed E-state index contributed by atoms with van der Waals surface area (Å²) >= 11 is 0. The Morgan fingerprint density at radius 2 is 1.48 bits per heavy atom. The molecule has 110 valence electrons. The van der Waals surface area contributed by atoms with E-state index in [1.807, 2.05) is 12.1 Å². The van der Waals surface area contributed by atoms with E-state index in [2.05, 4.69) is 60.5 Å². The number of benzene rings is 2. The van der Waals surface area contributed by atoms with Crippen LogP contribution in [0.5, 0.6) is 0 Å². The number of nitrogens with zero attached hydrogens (tertiary/aromatic N) is 1. The fourth-order valence-corrected chi connectivity index (χ4v) is 3.55. The third-order valence-corrected chi connectivity index (χ3v) is 4.57. The van der Waals surface area contributed by atoms with Gasteiger partial charge in [-0.1, -0.05) is 60.7 Å². The van der Waals surface area contributed by atoms with Crippen LogP contribution in [-0.4, -0.2) is 35.7 Å². The van der Waals surface area contributed by atoms with E-state index >= 15 is 0 Å². The van der Waals surface area contributed by atoms with Gasteiger partial charge in [-0.3, -0.25) is 4.90 Å². The zero-order valence-electron chi connectivity index (χ0n) is 12.5. The first kappa shape index (κ1) is 14.3. The maximum Gasteiger partial charge on any atom is 0.0705 e. The first-order valence-electron chi connectivity index (χ1n) is 7.75. The van der Waals surface area contributed by atoms with E-state index in [1.165, 1.54) is 11.1 Å². The monoisotopic (exact) mass is 281 g/mol. The summed E-state index contributed by atoms with van der Waals surface area (Å²) in [6, 6.07) is 21.3. The Bertz CT molecular complexity index is 505. The summed E-state index contributed by atoms with van der Waals surface area (Å²) in [4.78, 5) is 2.32. The number of aliphatic hydroxyl groups is 1. The Morgan fingerprint density at radius 1 is 0.952 bits per heavy atom. The maximum absolute atomic E-state index is 10.6. The van der Waals surface area contributed by atoms with Crippen LogP contribution in [-0.2, 0) is 0 Å². The van der Waals surface area contributed by atoms with Crippen molar-refractivity contribution >= 4 is 0 Å². The zero-order chi connectivity index (χ0) is 14.7. The molecule has 1 aliphatic heterocycles. The fraction of sp³-hybridized carbons (Fsp3) is 0.368. The third kappa shape index (κ3) is 3.02. The molecular weight excluding hydrogens is 258 g/mol. The molecule has 0 radical (unpaired) electrons. The smallest absolute Gasteiger partial charge is 0.0705 e. The Balaban J connectivity index is 2.04. The second-order valence-electron chi connectivity index (χ2n) is 5.98. The summed E-state index contributed by atoms with van der Waals surface area (Å²) in [7, 11) is 2.13. The number of likely N-dealkylation sites (tertiary alicyclic amines) is 1. The van der Waals surface area contributed by atoms with Crippen LogP contribution < -0.4 is 0 Å². The summed E-state index contributed by atoms with van der Waals surface area (Å²) in [5.74, 6) is 0.215. The van der Waals surface area contributed by atoms with Gasteiger partial charge in [-0.05, 0) is 37.6 Å². The number of hydrogen-bond acceptors (Lipinski definition) is 2. The fourth-order valence-electron chi connectivity index (χ4n) is 3.55. The first-order chi connectivity index (χ1) is 10.3. The average Bonchev–Trinajstić information content (AvgIpc) is 2.53. The van der Waals surface area contributed by atoms with E-state index in [1.54, 1.807) is 0 Å². The molecule has 0 spiro atoms. The average molecular weight is 281 g/mol. The SMILES string of the molecule is CN1CCC[C@@H](O)[C@H]1C(c1ccccc1)c1ccccc1. The van der Waals surface area contributed by atoms with Crippen LogP contribution >= 0.6 is 0 Å². The molecule has 2 nitrogen and oxygen atoms in total. The minimum absolute atomic E-state index is 0.142. The largest absolute Gasteiger partial charge is 0.391 e. The van der Waals surface area contributed by atoms with Crippen LogP contribution in [0.25, 0.3) is 0 Å². The predicted octanol–water partition coefficient (Wildman–Crippen LogP) is 3.27. The Hall–Kier alpha value is -1.64. The Labute approximate surface area is 127 Å². The van der Waals surface area contributed by atoms with Crippen LogP contribution in [0, 0.1) is 0 Å². The van der Waals surface area contributed by atoms with Gasteiger partial charge in [-0.25, -0.2) is 0 Å². The molecule has 21 heavy (non-hydrogen) atoms. The van der Waals surface area contributed by atoms with Crippen molar-refractivity contribution in [3.05, 3.63) is 71.8 Å². The highest BCUT2D eigenvalue weighted by atomic mass is 16.3. The lowest BCUT2D eigenvalue weighted by molar-refractivity contribution is 0.0171. The molecule has 2 heteroatoms. The zero-order valence-corrected chi connectivity index (χ0v) is 12.5. The van der Waals surface area contributed by atoms with E-state index in [0.29, 0.717) is 0 Å². The van der Waals surface area contributed by atoms with Crippen molar-refractivity contribution in [3.8, 4) is 0 Å². The molecule has 1 aliphatic rings. The molecule has 0 bridgehead atoms. The van der Waals surface area contributed by atoms with E-state index < -0.39 is 0 Å². The van der Waals surface area contributed by atoms with E-state index in [9.17, 15) is 5.11 Å². The van der Waals surface area contributed by atoms with E-state index in [4.69, 9.17) is 0 Å². The molecule has 2 aromatic carbocycles. The lowest BCUT2D eigenvalue weighted by atomic mass is 9.79. The molecular formula is C19H23NO. The van der Waals surface area contributed by atoms with Gasteiger partial charge in [0.2, 0.25) is 0 Å². The number of piperidine rings is 1. The second-order valence-corrected chi connectivity index (χ2v) is 5.98. The highest BCUT2D eigenvalue weighted by Crippen LogP contribution is 2.35. The summed E-state index contributed by atoms with van der Waals surface area (Å²) in [6.07, 6.45) is 1.70. The van der Waals surface area contributed by atoms with Crippen LogP contribution in [0.3, 0.4) is 0 Å². The van der Waals surface area contributed by atoms with Crippen molar-refractivity contribution < 1.29 is 5.11 Å². The minimum atomic E-state index is -0.269. The molecule has 3 rings (SSSR count). The minimum Gasteiger partial charge on any atom is -0.391 e. The second kappa shape index (κ2) is 6.42. The van der Waals surface area contributed by atoms with Crippen molar-refractivity contribution in [3.63, 3.8) is 0 Å². The van der Waals surface area contributed by atoms with Crippen LogP contribution in [0.1, 0.15) is 29.9 Å². The number of hydrogen-bond donors (Lipinski definition) is 1. The molecule has 1 heterocycles. The normalized spacial score (nSPS) is 23.4. The van der Waals surface area contributed by atoms with Gasteiger partial charge in [-0.2, -0.15) is 0 Å². The number of rotatable bonds is 3. The molecule has 0 aromatic heterocycles. The van der Waals surface area contributed by atoms with Crippen LogP contribution in [0.15, 0.2) is 60.7 Å². The highest BCUT2D eigenvalue weighted by molar-refractivity contribution is 5.35. The molecule has 1 saturated heterocycles. The Morgan fingerprint density at radius 3 is 1.95 bits per heavy atom. The third-order valence-electron chi connectivity index (χ3n) is 4.57. The molecule has 0 amide bonds. The quantitative estimate of drug-likeness (QED) is 0.933. The van der Waals surface area contributed by atoms with E-state index in [0.717, 1.165) is 19.4 Å². The van der Waals surface area contributed by atoms with Gasteiger partial charge in [0.15, 0.2) is 0 Å². The van der Waals surface area contributed by atoms with Crippen molar-refractivity contribution in [2.45, 2.75) is 30.9 Å². The highest BCUT2D eigenvalue weighted by Gasteiger charge is 2.35. The molecule has 2 aromatic rings. The standard InChI is InChI=1S/C19H23NO/c1-20-14-8-13-17(21)19(20)18(15-9-4-2-5-10-15)16-11-6-3-7-12-16/h2-7,9-12,17-19,21H,8,13-14H2,1H3/t17-,19+/m1/s1.